The first kappa shape index (κ1) is 19.4. The molecule has 0 bridgehead atoms. The lowest BCUT2D eigenvalue weighted by Crippen LogP contribution is -2.77. The van der Waals surface area contributed by atoms with Crippen molar-refractivity contribution in [1.29, 1.82) is 0 Å². The molecule has 5 heterocycles. The maximum absolute atomic E-state index is 13.8. The Bertz CT molecular complexity index is 1100. The maximum Gasteiger partial charge on any atom is 0.251 e. The van der Waals surface area contributed by atoms with Gasteiger partial charge < -0.3 is 10.6 Å². The number of amides is 2. The van der Waals surface area contributed by atoms with Crippen molar-refractivity contribution >= 4 is 46.4 Å². The molecule has 5 aliphatic rings. The first-order valence-corrected chi connectivity index (χ1v) is 12.0. The highest BCUT2D eigenvalue weighted by Crippen LogP contribution is 2.61. The smallest absolute Gasteiger partial charge is 0.251 e. The largest absolute Gasteiger partial charge is 0.324 e. The molecule has 0 aromatic heterocycles. The van der Waals surface area contributed by atoms with E-state index >= 15 is 0 Å². The number of hydrogen-bond donors (Lipinski definition) is 2. The summed E-state index contributed by atoms with van der Waals surface area (Å²) in [6.07, 6.45) is 3.54. The van der Waals surface area contributed by atoms with Crippen LogP contribution < -0.4 is 10.6 Å². The van der Waals surface area contributed by atoms with Crippen LogP contribution in [0.5, 0.6) is 0 Å². The van der Waals surface area contributed by atoms with Gasteiger partial charge in [-0.05, 0) is 62.1 Å². The Balaban J connectivity index is 1.52. The Labute approximate surface area is 195 Å². The minimum Gasteiger partial charge on any atom is -0.324 e. The molecule has 3 fully saturated rings. The molecule has 7 rings (SSSR count). The minimum absolute atomic E-state index is 0.00172. The van der Waals surface area contributed by atoms with Gasteiger partial charge in [0.25, 0.3) is 11.8 Å². The minimum atomic E-state index is -0.843. The summed E-state index contributed by atoms with van der Waals surface area (Å²) in [5.74, 6) is -0.00345. The molecule has 2 aromatic rings. The molecule has 2 N–H and O–H groups in total. The van der Waals surface area contributed by atoms with E-state index in [4.69, 9.17) is 23.2 Å². The molecule has 4 unspecified atom stereocenters. The molecular weight excluding hydrogens is 447 g/mol. The molecule has 2 spiro atoms. The molecule has 164 valence electrons. The van der Waals surface area contributed by atoms with Crippen LogP contribution in [-0.2, 0) is 20.7 Å². The first-order valence-electron chi connectivity index (χ1n) is 11.3. The SMILES string of the molecule is O=C1Nc2ccc(Cl)cc2C12C1CCCN1C1(C(=O)Nc3ccc(Cl)cc31)C1CCCN12. The number of carbonyl (C=O) groups excluding carboxylic acids is 2. The van der Waals surface area contributed by atoms with Crippen LogP contribution in [0.2, 0.25) is 10.0 Å². The third-order valence-corrected chi connectivity index (χ3v) is 8.82. The standard InChI is InChI=1S/C24H22Cl2N4O2/c25-13-5-7-17-15(11-13)23(21(31)27-17)19-3-1-9-29(19)24(20-4-2-10-30(20)23)16-12-14(26)6-8-18(16)28-22(24)32/h5-8,11-12,19-20H,1-4,9-10H2,(H,27,31)(H,28,32). The van der Waals surface area contributed by atoms with E-state index in [-0.39, 0.29) is 23.9 Å². The van der Waals surface area contributed by atoms with Gasteiger partial charge in [-0.25, -0.2) is 0 Å². The normalized spacial score (nSPS) is 35.1. The zero-order chi connectivity index (χ0) is 21.8. The molecule has 3 saturated heterocycles. The molecule has 0 radical (unpaired) electrons. The Hall–Kier alpha value is -2.12. The summed E-state index contributed by atoms with van der Waals surface area (Å²) < 4.78 is 0. The molecule has 32 heavy (non-hydrogen) atoms. The zero-order valence-corrected chi connectivity index (χ0v) is 18.8. The van der Waals surface area contributed by atoms with Gasteiger partial charge in [0.2, 0.25) is 0 Å². The van der Waals surface area contributed by atoms with Crippen LogP contribution in [0.1, 0.15) is 36.8 Å². The highest BCUT2D eigenvalue weighted by Gasteiger charge is 2.73. The topological polar surface area (TPSA) is 64.7 Å². The van der Waals surface area contributed by atoms with Crippen LogP contribution in [0.4, 0.5) is 11.4 Å². The lowest BCUT2D eigenvalue weighted by Gasteiger charge is -2.60. The molecule has 2 aromatic carbocycles. The monoisotopic (exact) mass is 468 g/mol. The van der Waals surface area contributed by atoms with Crippen LogP contribution in [-0.4, -0.2) is 46.8 Å². The number of anilines is 2. The van der Waals surface area contributed by atoms with Gasteiger partial charge in [0.05, 0.1) is 0 Å². The fourth-order valence-electron chi connectivity index (χ4n) is 7.42. The lowest BCUT2D eigenvalue weighted by molar-refractivity contribution is -0.169. The van der Waals surface area contributed by atoms with Crippen molar-refractivity contribution in [3.05, 3.63) is 57.6 Å². The van der Waals surface area contributed by atoms with Crippen molar-refractivity contribution in [2.75, 3.05) is 23.7 Å². The van der Waals surface area contributed by atoms with Crippen LogP contribution in [0.3, 0.4) is 0 Å². The zero-order valence-electron chi connectivity index (χ0n) is 17.3. The van der Waals surface area contributed by atoms with E-state index in [1.165, 1.54) is 0 Å². The van der Waals surface area contributed by atoms with E-state index in [0.29, 0.717) is 10.0 Å². The highest BCUT2D eigenvalue weighted by atomic mass is 35.5. The van der Waals surface area contributed by atoms with E-state index in [1.54, 1.807) is 0 Å². The summed E-state index contributed by atoms with van der Waals surface area (Å²) in [7, 11) is 0. The summed E-state index contributed by atoms with van der Waals surface area (Å²) in [5, 5.41) is 7.53. The third-order valence-electron chi connectivity index (χ3n) is 8.35. The van der Waals surface area contributed by atoms with Crippen molar-refractivity contribution in [3.8, 4) is 0 Å². The van der Waals surface area contributed by atoms with Crippen molar-refractivity contribution in [3.63, 3.8) is 0 Å². The molecule has 0 saturated carbocycles. The second kappa shape index (κ2) is 6.26. The summed E-state index contributed by atoms with van der Waals surface area (Å²) >= 11 is 12.9. The Morgan fingerprint density at radius 3 is 1.62 bits per heavy atom. The Morgan fingerprint density at radius 1 is 0.750 bits per heavy atom. The number of nitrogens with zero attached hydrogens (tertiary/aromatic N) is 2. The van der Waals surface area contributed by atoms with Gasteiger partial charge in [0.15, 0.2) is 0 Å². The molecule has 0 aliphatic carbocycles. The van der Waals surface area contributed by atoms with E-state index < -0.39 is 11.1 Å². The average molecular weight is 469 g/mol. The summed E-state index contributed by atoms with van der Waals surface area (Å²) in [6, 6.07) is 11.1. The first-order chi connectivity index (χ1) is 15.5. The fraction of sp³-hybridized carbons (Fsp3) is 0.417. The van der Waals surface area contributed by atoms with Crippen molar-refractivity contribution in [2.24, 2.45) is 0 Å². The molecule has 8 heteroatoms. The average Bonchev–Trinajstić information content (AvgIpc) is 3.53. The number of hydrogen-bond acceptors (Lipinski definition) is 4. The quantitative estimate of drug-likeness (QED) is 0.614. The van der Waals surface area contributed by atoms with E-state index in [1.807, 2.05) is 36.4 Å². The van der Waals surface area contributed by atoms with Gasteiger partial charge in [-0.1, -0.05) is 23.2 Å². The third kappa shape index (κ3) is 2.02. The fourth-order valence-corrected chi connectivity index (χ4v) is 7.77. The Kier molecular flexibility index (Phi) is 3.79. The van der Waals surface area contributed by atoms with Crippen molar-refractivity contribution < 1.29 is 9.59 Å². The highest BCUT2D eigenvalue weighted by molar-refractivity contribution is 6.31. The van der Waals surface area contributed by atoms with Crippen molar-refractivity contribution in [2.45, 2.75) is 48.8 Å². The van der Waals surface area contributed by atoms with Gasteiger partial charge >= 0.3 is 0 Å². The van der Waals surface area contributed by atoms with Crippen molar-refractivity contribution in [1.82, 2.24) is 9.80 Å². The van der Waals surface area contributed by atoms with E-state index in [9.17, 15) is 9.59 Å². The second-order valence-corrected chi connectivity index (χ2v) is 10.4. The number of nitrogens with one attached hydrogen (secondary N) is 2. The van der Waals surface area contributed by atoms with Gasteiger partial charge in [-0.3, -0.25) is 19.4 Å². The number of benzene rings is 2. The molecule has 2 amide bonds. The lowest BCUT2D eigenvalue weighted by atomic mass is 9.70. The van der Waals surface area contributed by atoms with E-state index in [0.717, 1.165) is 61.3 Å². The molecule has 6 nitrogen and oxygen atoms in total. The number of rotatable bonds is 0. The predicted molar refractivity (Wildman–Crippen MR) is 123 cm³/mol. The van der Waals surface area contributed by atoms with Gasteiger partial charge in [0.1, 0.15) is 11.1 Å². The van der Waals surface area contributed by atoms with Crippen LogP contribution in [0.15, 0.2) is 36.4 Å². The number of carbonyl (C=O) groups is 2. The van der Waals surface area contributed by atoms with Gasteiger partial charge in [0, 0.05) is 57.7 Å². The van der Waals surface area contributed by atoms with Crippen LogP contribution in [0.25, 0.3) is 0 Å². The molecule has 4 atom stereocenters. The number of fused-ring (bicyclic) bond motifs is 10. The molecule has 5 aliphatic heterocycles. The molecular formula is C24H22Cl2N4O2. The van der Waals surface area contributed by atoms with Gasteiger partial charge in [-0.2, -0.15) is 0 Å². The summed E-state index contributed by atoms with van der Waals surface area (Å²) in [5.41, 5.74) is 1.85. The van der Waals surface area contributed by atoms with Crippen LogP contribution in [0, 0.1) is 0 Å². The number of halogens is 2. The maximum atomic E-state index is 13.8. The second-order valence-electron chi connectivity index (χ2n) is 9.52. The number of piperazine rings is 1. The van der Waals surface area contributed by atoms with Crippen LogP contribution >= 0.6 is 23.2 Å². The summed E-state index contributed by atoms with van der Waals surface area (Å²) in [6.45, 7) is 1.53. The van der Waals surface area contributed by atoms with Gasteiger partial charge in [-0.15, -0.1) is 0 Å². The predicted octanol–water partition coefficient (Wildman–Crippen LogP) is 3.93. The van der Waals surface area contributed by atoms with E-state index in [2.05, 4.69) is 20.4 Å². The summed E-state index contributed by atoms with van der Waals surface area (Å²) in [4.78, 5) is 32.3. The Morgan fingerprint density at radius 2 is 1.19 bits per heavy atom.